The number of rotatable bonds is 6. The number of carbonyl (C=O) groups is 1. The second-order valence-corrected chi connectivity index (χ2v) is 10.8. The third kappa shape index (κ3) is 5.49. The van der Waals surface area contributed by atoms with Crippen LogP contribution in [0, 0.1) is 13.8 Å². The van der Waals surface area contributed by atoms with Crippen LogP contribution < -0.4 is 9.04 Å². The predicted octanol–water partition coefficient (Wildman–Crippen LogP) is 6.28. The van der Waals surface area contributed by atoms with Crippen molar-refractivity contribution in [3.05, 3.63) is 85.8 Å². The summed E-state index contributed by atoms with van der Waals surface area (Å²) in [6.07, 6.45) is 0. The van der Waals surface area contributed by atoms with Crippen LogP contribution in [0.3, 0.4) is 0 Å². The molecule has 0 aliphatic heterocycles. The quantitative estimate of drug-likeness (QED) is 0.341. The molecule has 0 saturated heterocycles. The fraction of sp³-hybridized carbons (Fsp3) is 0.136. The highest BCUT2D eigenvalue weighted by molar-refractivity contribution is 9.11. The fourth-order valence-corrected chi connectivity index (χ4v) is 5.59. The summed E-state index contributed by atoms with van der Waals surface area (Å²) in [5, 5.41) is 0.395. The SMILES string of the molecule is Cc1ccc(C)c(N(C(=O)COc2ccc(Br)cc2Br)S(=O)(=O)c2ccc(Cl)cc2)c1. The van der Waals surface area contributed by atoms with E-state index in [4.69, 9.17) is 16.3 Å². The Labute approximate surface area is 203 Å². The van der Waals surface area contributed by atoms with Crippen molar-refractivity contribution in [1.82, 2.24) is 0 Å². The van der Waals surface area contributed by atoms with Gasteiger partial charge in [0.1, 0.15) is 5.75 Å². The van der Waals surface area contributed by atoms with Gasteiger partial charge in [-0.2, -0.15) is 4.31 Å². The Morgan fingerprint density at radius 3 is 2.32 bits per heavy atom. The Morgan fingerprint density at radius 2 is 1.68 bits per heavy atom. The number of halogens is 3. The summed E-state index contributed by atoms with van der Waals surface area (Å²) in [5.41, 5.74) is 1.74. The molecule has 0 aliphatic carbocycles. The van der Waals surface area contributed by atoms with E-state index in [1.165, 1.54) is 24.3 Å². The number of amides is 1. The van der Waals surface area contributed by atoms with Gasteiger partial charge >= 0.3 is 0 Å². The van der Waals surface area contributed by atoms with Gasteiger partial charge in [-0.05, 0) is 89.4 Å². The number of hydrogen-bond acceptors (Lipinski definition) is 4. The van der Waals surface area contributed by atoms with Gasteiger partial charge in [-0.3, -0.25) is 4.79 Å². The molecule has 0 aliphatic rings. The van der Waals surface area contributed by atoms with Gasteiger partial charge in [0.15, 0.2) is 6.61 Å². The molecule has 0 saturated carbocycles. The summed E-state index contributed by atoms with van der Waals surface area (Å²) in [6, 6.07) is 16.2. The average molecular weight is 588 g/mol. The van der Waals surface area contributed by atoms with Gasteiger partial charge in [0.2, 0.25) is 0 Å². The topological polar surface area (TPSA) is 63.7 Å². The van der Waals surface area contributed by atoms with E-state index in [1.807, 2.05) is 13.0 Å². The summed E-state index contributed by atoms with van der Waals surface area (Å²) in [4.78, 5) is 13.2. The minimum absolute atomic E-state index is 0.0454. The highest BCUT2D eigenvalue weighted by atomic mass is 79.9. The van der Waals surface area contributed by atoms with Crippen LogP contribution in [-0.2, 0) is 14.8 Å². The van der Waals surface area contributed by atoms with Gasteiger partial charge in [0, 0.05) is 9.50 Å². The van der Waals surface area contributed by atoms with E-state index in [-0.39, 0.29) is 10.6 Å². The molecule has 9 heteroatoms. The van der Waals surface area contributed by atoms with Crippen LogP contribution >= 0.6 is 43.5 Å². The Kier molecular flexibility index (Phi) is 7.47. The largest absolute Gasteiger partial charge is 0.483 e. The first-order valence-electron chi connectivity index (χ1n) is 9.08. The summed E-state index contributed by atoms with van der Waals surface area (Å²) in [7, 11) is -4.20. The van der Waals surface area contributed by atoms with E-state index in [9.17, 15) is 13.2 Å². The molecular formula is C22H18Br2ClNO4S. The molecule has 0 N–H and O–H groups in total. The zero-order valence-corrected chi connectivity index (χ0v) is 21.3. The molecule has 0 atom stereocenters. The van der Waals surface area contributed by atoms with Crippen LogP contribution in [0.15, 0.2) is 74.5 Å². The molecule has 0 unspecified atom stereocenters. The van der Waals surface area contributed by atoms with Crippen molar-refractivity contribution in [2.24, 2.45) is 0 Å². The fourth-order valence-electron chi connectivity index (χ4n) is 2.84. The van der Waals surface area contributed by atoms with Crippen LogP contribution in [0.4, 0.5) is 5.69 Å². The van der Waals surface area contributed by atoms with Crippen molar-refractivity contribution < 1.29 is 17.9 Å². The van der Waals surface area contributed by atoms with Crippen LogP contribution in [0.1, 0.15) is 11.1 Å². The standard InChI is InChI=1S/C22H18Br2ClNO4S/c1-14-3-4-15(2)20(11-14)26(31(28,29)18-8-6-17(25)7-9-18)22(27)13-30-21-10-5-16(23)12-19(21)24/h3-12H,13H2,1-2H3. The Morgan fingerprint density at radius 1 is 1.00 bits per heavy atom. The van der Waals surface area contributed by atoms with Crippen LogP contribution in [-0.4, -0.2) is 20.9 Å². The van der Waals surface area contributed by atoms with Gasteiger partial charge < -0.3 is 4.74 Å². The van der Waals surface area contributed by atoms with Crippen molar-refractivity contribution in [2.45, 2.75) is 18.7 Å². The number of ether oxygens (including phenoxy) is 1. The Balaban J connectivity index is 2.02. The molecule has 3 aromatic carbocycles. The van der Waals surface area contributed by atoms with Crippen LogP contribution in [0.25, 0.3) is 0 Å². The number of carbonyl (C=O) groups excluding carboxylic acids is 1. The number of aryl methyl sites for hydroxylation is 2. The van der Waals surface area contributed by atoms with Gasteiger partial charge in [0.05, 0.1) is 15.1 Å². The molecule has 0 fully saturated rings. The summed E-state index contributed by atoms with van der Waals surface area (Å²) >= 11 is 12.6. The molecule has 3 aromatic rings. The first kappa shape index (κ1) is 23.8. The normalized spacial score (nSPS) is 11.3. The second kappa shape index (κ2) is 9.73. The van der Waals surface area contributed by atoms with Crippen LogP contribution in [0.5, 0.6) is 5.75 Å². The smallest absolute Gasteiger partial charge is 0.278 e. The Hall–Kier alpha value is -1.87. The number of nitrogens with zero attached hydrogens (tertiary/aromatic N) is 1. The lowest BCUT2D eigenvalue weighted by Gasteiger charge is -2.25. The highest BCUT2D eigenvalue weighted by Crippen LogP contribution is 2.31. The van der Waals surface area contributed by atoms with E-state index in [1.54, 1.807) is 37.3 Å². The maximum atomic E-state index is 13.5. The third-order valence-electron chi connectivity index (χ3n) is 4.41. The average Bonchev–Trinajstić information content (AvgIpc) is 2.70. The first-order chi connectivity index (χ1) is 14.6. The van der Waals surface area contributed by atoms with Crippen molar-refractivity contribution in [3.63, 3.8) is 0 Å². The third-order valence-corrected chi connectivity index (χ3v) is 7.52. The lowest BCUT2D eigenvalue weighted by atomic mass is 10.1. The summed E-state index contributed by atoms with van der Waals surface area (Å²) in [6.45, 7) is 3.11. The molecule has 0 spiro atoms. The number of benzene rings is 3. The molecule has 162 valence electrons. The van der Waals surface area contributed by atoms with Gasteiger partial charge in [0.25, 0.3) is 15.9 Å². The molecule has 0 radical (unpaired) electrons. The highest BCUT2D eigenvalue weighted by Gasteiger charge is 2.32. The van der Waals surface area contributed by atoms with Gasteiger partial charge in [-0.25, -0.2) is 8.42 Å². The molecular weight excluding hydrogens is 570 g/mol. The minimum atomic E-state index is -4.20. The molecule has 1 amide bonds. The van der Waals surface area contributed by atoms with Gasteiger partial charge in [-0.1, -0.05) is 39.7 Å². The maximum absolute atomic E-state index is 13.5. The first-order valence-corrected chi connectivity index (χ1v) is 12.5. The molecule has 0 bridgehead atoms. The van der Waals surface area contributed by atoms with E-state index in [2.05, 4.69) is 31.9 Å². The number of anilines is 1. The molecule has 3 rings (SSSR count). The van der Waals surface area contributed by atoms with Crippen molar-refractivity contribution in [2.75, 3.05) is 10.9 Å². The zero-order valence-electron chi connectivity index (χ0n) is 16.6. The molecule has 31 heavy (non-hydrogen) atoms. The van der Waals surface area contributed by atoms with E-state index in [0.29, 0.717) is 20.8 Å². The molecule has 0 heterocycles. The maximum Gasteiger partial charge on any atom is 0.278 e. The number of hydrogen-bond donors (Lipinski definition) is 0. The van der Waals surface area contributed by atoms with E-state index in [0.717, 1.165) is 14.3 Å². The monoisotopic (exact) mass is 585 g/mol. The van der Waals surface area contributed by atoms with Gasteiger partial charge in [-0.15, -0.1) is 0 Å². The van der Waals surface area contributed by atoms with Crippen molar-refractivity contribution in [3.8, 4) is 5.75 Å². The Bertz CT molecular complexity index is 1230. The second-order valence-electron chi connectivity index (χ2n) is 6.77. The summed E-state index contributed by atoms with van der Waals surface area (Å²) in [5.74, 6) is -0.306. The molecule has 5 nitrogen and oxygen atoms in total. The van der Waals surface area contributed by atoms with Crippen molar-refractivity contribution in [1.29, 1.82) is 0 Å². The van der Waals surface area contributed by atoms with Crippen LogP contribution in [0.2, 0.25) is 5.02 Å². The molecule has 0 aromatic heterocycles. The lowest BCUT2D eigenvalue weighted by Crippen LogP contribution is -2.40. The summed E-state index contributed by atoms with van der Waals surface area (Å²) < 4.78 is 34.8. The minimum Gasteiger partial charge on any atom is -0.483 e. The predicted molar refractivity (Wildman–Crippen MR) is 129 cm³/mol. The van der Waals surface area contributed by atoms with E-state index >= 15 is 0 Å². The zero-order chi connectivity index (χ0) is 22.8. The lowest BCUT2D eigenvalue weighted by molar-refractivity contribution is -0.119. The van der Waals surface area contributed by atoms with E-state index < -0.39 is 22.5 Å². The number of sulfonamides is 1. The van der Waals surface area contributed by atoms with Crippen molar-refractivity contribution >= 4 is 65.1 Å².